The molecule has 0 saturated heterocycles. The molecule has 0 atom stereocenters. The Morgan fingerprint density at radius 2 is 1.65 bits per heavy atom. The maximum absolute atomic E-state index is 12.3. The van der Waals surface area contributed by atoms with E-state index in [4.69, 9.17) is 0 Å². The predicted octanol–water partition coefficient (Wildman–Crippen LogP) is 3.39. The van der Waals surface area contributed by atoms with E-state index in [9.17, 15) is 9.59 Å². The second kappa shape index (κ2) is 6.60. The molecule has 0 radical (unpaired) electrons. The Bertz CT molecular complexity index is 944. The molecule has 0 fully saturated rings. The molecule has 0 bridgehead atoms. The molecule has 3 aromatic rings. The van der Waals surface area contributed by atoms with Gasteiger partial charge >= 0.3 is 5.69 Å². The van der Waals surface area contributed by atoms with Gasteiger partial charge in [-0.15, -0.1) is 0 Å². The standard InChI is InChI=1S/C17H13BrN2O2S/c18-13-5-7-14(8-6-13)20-15(9-16(21)19-17(20)22)12-3-1-11(10-23)2-4-12/h1-9,23H,10H2,(H,19,21,22). The molecule has 0 spiro atoms. The van der Waals surface area contributed by atoms with E-state index in [1.807, 2.05) is 48.5 Å². The Morgan fingerprint density at radius 1 is 1.00 bits per heavy atom. The molecule has 23 heavy (non-hydrogen) atoms. The lowest BCUT2D eigenvalue weighted by molar-refractivity contribution is 0.904. The number of hydrogen-bond donors (Lipinski definition) is 2. The van der Waals surface area contributed by atoms with Crippen LogP contribution in [0, 0.1) is 0 Å². The van der Waals surface area contributed by atoms with E-state index in [0.717, 1.165) is 15.6 Å². The molecule has 6 heteroatoms. The summed E-state index contributed by atoms with van der Waals surface area (Å²) in [5, 5.41) is 0. The molecule has 1 aromatic heterocycles. The summed E-state index contributed by atoms with van der Waals surface area (Å²) in [5.74, 6) is 0.634. The van der Waals surface area contributed by atoms with Crippen molar-refractivity contribution < 1.29 is 0 Å². The minimum absolute atomic E-state index is 0.420. The number of rotatable bonds is 3. The summed E-state index contributed by atoms with van der Waals surface area (Å²) in [6.07, 6.45) is 0. The van der Waals surface area contributed by atoms with Crippen molar-refractivity contribution >= 4 is 28.6 Å². The lowest BCUT2D eigenvalue weighted by atomic mass is 10.1. The Kier molecular flexibility index (Phi) is 4.54. The first-order valence-electron chi connectivity index (χ1n) is 6.91. The van der Waals surface area contributed by atoms with E-state index in [1.54, 1.807) is 0 Å². The van der Waals surface area contributed by atoms with Gasteiger partial charge in [0.25, 0.3) is 5.56 Å². The molecule has 4 nitrogen and oxygen atoms in total. The van der Waals surface area contributed by atoms with E-state index in [2.05, 4.69) is 33.5 Å². The van der Waals surface area contributed by atoms with E-state index in [0.29, 0.717) is 17.1 Å². The van der Waals surface area contributed by atoms with Crippen LogP contribution in [-0.4, -0.2) is 9.55 Å². The second-order valence-electron chi connectivity index (χ2n) is 4.99. The van der Waals surface area contributed by atoms with Crippen LogP contribution in [0.5, 0.6) is 0 Å². The van der Waals surface area contributed by atoms with Crippen molar-refractivity contribution in [1.29, 1.82) is 0 Å². The predicted molar refractivity (Wildman–Crippen MR) is 98.5 cm³/mol. The second-order valence-corrected chi connectivity index (χ2v) is 6.22. The maximum atomic E-state index is 12.3. The molecular weight excluding hydrogens is 376 g/mol. The first-order chi connectivity index (χ1) is 11.1. The summed E-state index contributed by atoms with van der Waals surface area (Å²) in [6, 6.07) is 16.4. The summed E-state index contributed by atoms with van der Waals surface area (Å²) >= 11 is 7.61. The molecule has 0 aliphatic rings. The van der Waals surface area contributed by atoms with Crippen molar-refractivity contribution in [2.45, 2.75) is 5.75 Å². The van der Waals surface area contributed by atoms with Crippen LogP contribution in [0.1, 0.15) is 5.56 Å². The van der Waals surface area contributed by atoms with Crippen LogP contribution >= 0.6 is 28.6 Å². The van der Waals surface area contributed by atoms with Gasteiger partial charge in [0.15, 0.2) is 0 Å². The molecule has 0 aliphatic carbocycles. The molecule has 0 saturated carbocycles. The lowest BCUT2D eigenvalue weighted by Gasteiger charge is -2.12. The SMILES string of the molecule is O=c1cc(-c2ccc(CS)cc2)n(-c2ccc(Br)cc2)c(=O)[nH]1. The average Bonchev–Trinajstić information content (AvgIpc) is 2.55. The molecule has 2 aromatic carbocycles. The van der Waals surface area contributed by atoms with Gasteiger partial charge in [0.05, 0.1) is 11.4 Å². The summed E-state index contributed by atoms with van der Waals surface area (Å²) < 4.78 is 2.40. The van der Waals surface area contributed by atoms with Crippen molar-refractivity contribution in [3.05, 3.63) is 85.5 Å². The molecular formula is C17H13BrN2O2S. The minimum atomic E-state index is -0.465. The average molecular weight is 389 g/mol. The fraction of sp³-hybridized carbons (Fsp3) is 0.0588. The van der Waals surface area contributed by atoms with Crippen LogP contribution in [-0.2, 0) is 5.75 Å². The number of nitrogens with one attached hydrogen (secondary N) is 1. The summed E-state index contributed by atoms with van der Waals surface area (Å²) in [5.41, 5.74) is 2.21. The molecule has 0 aliphatic heterocycles. The monoisotopic (exact) mass is 388 g/mol. The van der Waals surface area contributed by atoms with Crippen molar-refractivity contribution in [2.24, 2.45) is 0 Å². The molecule has 0 amide bonds. The molecule has 0 unspecified atom stereocenters. The van der Waals surface area contributed by atoms with E-state index >= 15 is 0 Å². The van der Waals surface area contributed by atoms with Gasteiger partial charge in [-0.25, -0.2) is 4.79 Å². The zero-order valence-corrected chi connectivity index (χ0v) is 14.5. The molecule has 116 valence electrons. The molecule has 1 heterocycles. The first-order valence-corrected chi connectivity index (χ1v) is 8.33. The number of H-pyrrole nitrogens is 1. The summed E-state index contributed by atoms with van der Waals surface area (Å²) in [6.45, 7) is 0. The molecule has 3 rings (SSSR count). The quantitative estimate of drug-likeness (QED) is 0.675. The Morgan fingerprint density at radius 3 is 2.26 bits per heavy atom. The van der Waals surface area contributed by atoms with Crippen LogP contribution in [0.3, 0.4) is 0 Å². The number of thiol groups is 1. The zero-order chi connectivity index (χ0) is 16.4. The lowest BCUT2D eigenvalue weighted by Crippen LogP contribution is -2.29. The van der Waals surface area contributed by atoms with Crippen LogP contribution in [0.2, 0.25) is 0 Å². The van der Waals surface area contributed by atoms with Gasteiger partial charge in [0.1, 0.15) is 0 Å². The van der Waals surface area contributed by atoms with Gasteiger partial charge in [-0.05, 0) is 35.4 Å². The number of nitrogens with zero attached hydrogens (tertiary/aromatic N) is 1. The van der Waals surface area contributed by atoms with Gasteiger partial charge in [-0.2, -0.15) is 12.6 Å². The topological polar surface area (TPSA) is 54.9 Å². The minimum Gasteiger partial charge on any atom is -0.274 e. The third kappa shape index (κ3) is 3.33. The van der Waals surface area contributed by atoms with Gasteiger partial charge in [-0.3, -0.25) is 14.3 Å². The van der Waals surface area contributed by atoms with Crippen molar-refractivity contribution in [1.82, 2.24) is 9.55 Å². The number of benzene rings is 2. The van der Waals surface area contributed by atoms with Crippen molar-refractivity contribution in [2.75, 3.05) is 0 Å². The van der Waals surface area contributed by atoms with Gasteiger partial charge in [0.2, 0.25) is 0 Å². The van der Waals surface area contributed by atoms with Crippen molar-refractivity contribution in [3.8, 4) is 16.9 Å². The molecule has 1 N–H and O–H groups in total. The number of aromatic amines is 1. The van der Waals surface area contributed by atoms with Crippen molar-refractivity contribution in [3.63, 3.8) is 0 Å². The number of aromatic nitrogens is 2. The van der Waals surface area contributed by atoms with Gasteiger partial charge in [0, 0.05) is 16.3 Å². The third-order valence-corrected chi connectivity index (χ3v) is 4.35. The third-order valence-electron chi connectivity index (χ3n) is 3.46. The van der Waals surface area contributed by atoms with Crippen LogP contribution in [0.25, 0.3) is 16.9 Å². The Hall–Kier alpha value is -2.05. The van der Waals surface area contributed by atoms with Crippen LogP contribution in [0.4, 0.5) is 0 Å². The highest BCUT2D eigenvalue weighted by atomic mass is 79.9. The van der Waals surface area contributed by atoms with Crippen LogP contribution in [0.15, 0.2) is 68.7 Å². The highest BCUT2D eigenvalue weighted by molar-refractivity contribution is 9.10. The largest absolute Gasteiger partial charge is 0.333 e. The van der Waals surface area contributed by atoms with E-state index < -0.39 is 11.2 Å². The fourth-order valence-corrected chi connectivity index (χ4v) is 2.81. The maximum Gasteiger partial charge on any atom is 0.333 e. The van der Waals surface area contributed by atoms with E-state index in [-0.39, 0.29) is 0 Å². The fourth-order valence-electron chi connectivity index (χ4n) is 2.34. The first kappa shape index (κ1) is 15.8. The van der Waals surface area contributed by atoms with Gasteiger partial charge in [-0.1, -0.05) is 40.2 Å². The smallest absolute Gasteiger partial charge is 0.274 e. The summed E-state index contributed by atoms with van der Waals surface area (Å²) in [4.78, 5) is 26.4. The zero-order valence-electron chi connectivity index (χ0n) is 12.0. The van der Waals surface area contributed by atoms with Crippen LogP contribution < -0.4 is 11.2 Å². The number of halogens is 1. The normalized spacial score (nSPS) is 10.7. The number of hydrogen-bond acceptors (Lipinski definition) is 3. The summed E-state index contributed by atoms with van der Waals surface area (Å²) in [7, 11) is 0. The highest BCUT2D eigenvalue weighted by Gasteiger charge is 2.10. The Balaban J connectivity index is 2.24. The Labute approximate surface area is 146 Å². The van der Waals surface area contributed by atoms with Gasteiger partial charge < -0.3 is 0 Å². The highest BCUT2D eigenvalue weighted by Crippen LogP contribution is 2.22. The van der Waals surface area contributed by atoms with E-state index in [1.165, 1.54) is 10.6 Å².